The Hall–Kier alpha value is -0.100. The van der Waals surface area contributed by atoms with E-state index in [4.69, 9.17) is 9.47 Å². The molecule has 18 heavy (non-hydrogen) atoms. The SMILES string of the molecule is COc1ccc(Br)c(CN2CCOC(CBr)C2)c1. The van der Waals surface area contributed by atoms with Crippen LogP contribution in [0, 0.1) is 0 Å². The third kappa shape index (κ3) is 3.70. The summed E-state index contributed by atoms with van der Waals surface area (Å²) in [5.74, 6) is 0.901. The molecule has 0 spiro atoms. The molecule has 0 bridgehead atoms. The van der Waals surface area contributed by atoms with Gasteiger partial charge in [-0.1, -0.05) is 31.9 Å². The highest BCUT2D eigenvalue weighted by molar-refractivity contribution is 9.10. The fourth-order valence-electron chi connectivity index (χ4n) is 2.06. The lowest BCUT2D eigenvalue weighted by Gasteiger charge is -2.32. The van der Waals surface area contributed by atoms with Crippen LogP contribution in [-0.2, 0) is 11.3 Å². The van der Waals surface area contributed by atoms with Crippen molar-refractivity contribution in [2.45, 2.75) is 12.6 Å². The lowest BCUT2D eigenvalue weighted by Crippen LogP contribution is -2.42. The molecule has 1 aromatic carbocycles. The van der Waals surface area contributed by atoms with Gasteiger partial charge in [0, 0.05) is 29.4 Å². The Morgan fingerprint density at radius 2 is 2.33 bits per heavy atom. The number of hydrogen-bond acceptors (Lipinski definition) is 3. The highest BCUT2D eigenvalue weighted by Crippen LogP contribution is 2.24. The molecular formula is C13H17Br2NO2. The number of rotatable bonds is 4. The Morgan fingerprint density at radius 1 is 1.50 bits per heavy atom. The Bertz CT molecular complexity index is 401. The topological polar surface area (TPSA) is 21.7 Å². The second kappa shape index (κ2) is 6.89. The summed E-state index contributed by atoms with van der Waals surface area (Å²) in [7, 11) is 1.70. The van der Waals surface area contributed by atoms with Crippen LogP contribution in [0.5, 0.6) is 5.75 Å². The van der Waals surface area contributed by atoms with Crippen LogP contribution in [0.25, 0.3) is 0 Å². The maximum absolute atomic E-state index is 5.65. The van der Waals surface area contributed by atoms with Gasteiger partial charge in [-0.3, -0.25) is 4.90 Å². The van der Waals surface area contributed by atoms with E-state index in [1.54, 1.807) is 7.11 Å². The van der Waals surface area contributed by atoms with Crippen molar-refractivity contribution in [3.05, 3.63) is 28.2 Å². The Balaban J connectivity index is 2.04. The van der Waals surface area contributed by atoms with Crippen molar-refractivity contribution < 1.29 is 9.47 Å². The van der Waals surface area contributed by atoms with Crippen LogP contribution in [0.15, 0.2) is 22.7 Å². The summed E-state index contributed by atoms with van der Waals surface area (Å²) in [6.07, 6.45) is 0.295. The minimum absolute atomic E-state index is 0.295. The normalized spacial score (nSPS) is 20.9. The molecule has 100 valence electrons. The first-order valence-electron chi connectivity index (χ1n) is 5.95. The summed E-state index contributed by atoms with van der Waals surface area (Å²) in [5.41, 5.74) is 1.25. The van der Waals surface area contributed by atoms with E-state index in [9.17, 15) is 0 Å². The third-order valence-corrected chi connectivity index (χ3v) is 4.54. The highest BCUT2D eigenvalue weighted by Gasteiger charge is 2.20. The van der Waals surface area contributed by atoms with Crippen LogP contribution in [0.4, 0.5) is 0 Å². The minimum atomic E-state index is 0.295. The zero-order valence-corrected chi connectivity index (χ0v) is 13.5. The van der Waals surface area contributed by atoms with Crippen LogP contribution in [0.2, 0.25) is 0 Å². The van der Waals surface area contributed by atoms with Crippen molar-refractivity contribution in [1.82, 2.24) is 4.90 Å². The molecule has 0 radical (unpaired) electrons. The van der Waals surface area contributed by atoms with Gasteiger partial charge in [0.05, 0.1) is 19.8 Å². The third-order valence-electron chi connectivity index (χ3n) is 3.04. The molecule has 1 heterocycles. The maximum Gasteiger partial charge on any atom is 0.119 e. The zero-order valence-electron chi connectivity index (χ0n) is 10.4. The van der Waals surface area contributed by atoms with E-state index in [2.05, 4.69) is 42.8 Å². The van der Waals surface area contributed by atoms with Crippen molar-refractivity contribution in [3.63, 3.8) is 0 Å². The van der Waals surface area contributed by atoms with Gasteiger partial charge in [0.25, 0.3) is 0 Å². The molecule has 1 atom stereocenters. The zero-order chi connectivity index (χ0) is 13.0. The fourth-order valence-corrected chi connectivity index (χ4v) is 2.82. The predicted molar refractivity (Wildman–Crippen MR) is 79.5 cm³/mol. The molecule has 0 saturated carbocycles. The largest absolute Gasteiger partial charge is 0.497 e. The van der Waals surface area contributed by atoms with E-state index in [0.717, 1.165) is 41.8 Å². The summed E-state index contributed by atoms with van der Waals surface area (Å²) in [6, 6.07) is 6.09. The molecule has 0 aromatic heterocycles. The molecule has 2 rings (SSSR count). The first-order valence-corrected chi connectivity index (χ1v) is 7.86. The first kappa shape index (κ1) is 14.3. The molecule has 1 aliphatic heterocycles. The monoisotopic (exact) mass is 377 g/mol. The van der Waals surface area contributed by atoms with Crippen LogP contribution in [0.1, 0.15) is 5.56 Å². The number of hydrogen-bond donors (Lipinski definition) is 0. The molecule has 5 heteroatoms. The molecule has 3 nitrogen and oxygen atoms in total. The summed E-state index contributed by atoms with van der Waals surface area (Å²) >= 11 is 7.08. The Labute approximate surface area is 125 Å². The van der Waals surface area contributed by atoms with Crippen LogP contribution in [0.3, 0.4) is 0 Å². The van der Waals surface area contributed by atoms with Gasteiger partial charge in [0.2, 0.25) is 0 Å². The second-order valence-electron chi connectivity index (χ2n) is 4.34. The average Bonchev–Trinajstić information content (AvgIpc) is 2.41. The van der Waals surface area contributed by atoms with Crippen LogP contribution < -0.4 is 4.74 Å². The molecule has 1 saturated heterocycles. The standard InChI is InChI=1S/C13H17Br2NO2/c1-17-11-2-3-13(15)10(6-11)8-16-4-5-18-12(7-14)9-16/h2-3,6,12H,4-5,7-9H2,1H3. The number of morpholine rings is 1. The van der Waals surface area contributed by atoms with E-state index in [0.29, 0.717) is 6.10 Å². The van der Waals surface area contributed by atoms with E-state index in [-0.39, 0.29) is 0 Å². The van der Waals surface area contributed by atoms with Crippen molar-refractivity contribution in [2.75, 3.05) is 32.1 Å². The first-order chi connectivity index (χ1) is 8.72. The lowest BCUT2D eigenvalue weighted by molar-refractivity contribution is -0.0182. The van der Waals surface area contributed by atoms with Gasteiger partial charge in [-0.25, -0.2) is 0 Å². The minimum Gasteiger partial charge on any atom is -0.497 e. The van der Waals surface area contributed by atoms with Crippen LogP contribution in [-0.4, -0.2) is 43.1 Å². The molecule has 0 amide bonds. The van der Waals surface area contributed by atoms with Gasteiger partial charge < -0.3 is 9.47 Å². The summed E-state index contributed by atoms with van der Waals surface area (Å²) in [5, 5.41) is 0.892. The number of halogens is 2. The van der Waals surface area contributed by atoms with Crippen molar-refractivity contribution in [3.8, 4) is 5.75 Å². The summed E-state index contributed by atoms with van der Waals surface area (Å²) in [4.78, 5) is 2.41. The Kier molecular flexibility index (Phi) is 5.48. The average molecular weight is 379 g/mol. The van der Waals surface area contributed by atoms with Gasteiger partial charge in [-0.05, 0) is 23.8 Å². The van der Waals surface area contributed by atoms with Gasteiger partial charge in [-0.2, -0.15) is 0 Å². The fraction of sp³-hybridized carbons (Fsp3) is 0.538. The molecule has 1 aromatic rings. The number of benzene rings is 1. The van der Waals surface area contributed by atoms with Gasteiger partial charge >= 0.3 is 0 Å². The van der Waals surface area contributed by atoms with E-state index < -0.39 is 0 Å². The molecule has 0 aliphatic carbocycles. The van der Waals surface area contributed by atoms with E-state index in [1.165, 1.54) is 5.56 Å². The van der Waals surface area contributed by atoms with Gasteiger partial charge in [0.15, 0.2) is 0 Å². The van der Waals surface area contributed by atoms with Gasteiger partial charge in [0.1, 0.15) is 5.75 Å². The lowest BCUT2D eigenvalue weighted by atomic mass is 10.2. The quantitative estimate of drug-likeness (QED) is 0.751. The molecule has 1 fully saturated rings. The predicted octanol–water partition coefficient (Wildman–Crippen LogP) is 3.05. The van der Waals surface area contributed by atoms with E-state index in [1.807, 2.05) is 12.1 Å². The molecular weight excluding hydrogens is 362 g/mol. The number of alkyl halides is 1. The van der Waals surface area contributed by atoms with Crippen molar-refractivity contribution >= 4 is 31.9 Å². The number of ether oxygens (including phenoxy) is 2. The molecule has 0 N–H and O–H groups in total. The molecule has 1 unspecified atom stereocenters. The second-order valence-corrected chi connectivity index (χ2v) is 5.84. The van der Waals surface area contributed by atoms with Crippen molar-refractivity contribution in [2.24, 2.45) is 0 Å². The Morgan fingerprint density at radius 3 is 3.06 bits per heavy atom. The summed E-state index contributed by atoms with van der Waals surface area (Å²) < 4.78 is 12.0. The van der Waals surface area contributed by atoms with E-state index >= 15 is 0 Å². The number of methoxy groups -OCH3 is 1. The summed E-state index contributed by atoms with van der Waals surface area (Å²) in [6.45, 7) is 3.67. The maximum atomic E-state index is 5.65. The number of nitrogens with zero attached hydrogens (tertiary/aromatic N) is 1. The van der Waals surface area contributed by atoms with Crippen molar-refractivity contribution in [1.29, 1.82) is 0 Å². The van der Waals surface area contributed by atoms with Crippen LogP contribution >= 0.6 is 31.9 Å². The molecule has 1 aliphatic rings. The highest BCUT2D eigenvalue weighted by atomic mass is 79.9. The van der Waals surface area contributed by atoms with Gasteiger partial charge in [-0.15, -0.1) is 0 Å². The smallest absolute Gasteiger partial charge is 0.119 e.